The van der Waals surface area contributed by atoms with Crippen molar-refractivity contribution >= 4 is 52.3 Å². The van der Waals surface area contributed by atoms with E-state index in [4.69, 9.17) is 11.6 Å². The smallest absolute Gasteiger partial charge is 0.255 e. The van der Waals surface area contributed by atoms with Gasteiger partial charge in [-0.05, 0) is 36.6 Å². The van der Waals surface area contributed by atoms with Crippen LogP contribution in [0.1, 0.15) is 29.8 Å². The molecule has 0 saturated heterocycles. The number of anilines is 2. The summed E-state index contributed by atoms with van der Waals surface area (Å²) < 4.78 is 0. The lowest BCUT2D eigenvalue weighted by atomic mass is 10.1. The number of carbonyl (C=O) groups is 1. The zero-order chi connectivity index (χ0) is 18.8. The number of nitrogens with zero attached hydrogens (tertiary/aromatic N) is 2. The molecule has 144 valence electrons. The van der Waals surface area contributed by atoms with Gasteiger partial charge in [0.05, 0.1) is 11.1 Å². The number of amides is 1. The molecule has 5 nitrogen and oxygen atoms in total. The van der Waals surface area contributed by atoms with Crippen LogP contribution in [0.2, 0.25) is 5.02 Å². The van der Waals surface area contributed by atoms with E-state index in [9.17, 15) is 4.79 Å². The molecule has 0 spiro atoms. The van der Waals surface area contributed by atoms with Crippen molar-refractivity contribution in [2.75, 3.05) is 18.9 Å². The lowest BCUT2D eigenvalue weighted by Gasteiger charge is -2.20. The molecule has 0 unspecified atom stereocenters. The molecule has 0 saturated carbocycles. The van der Waals surface area contributed by atoms with E-state index >= 15 is 0 Å². The minimum absolute atomic E-state index is 0. The quantitative estimate of drug-likeness (QED) is 0.594. The third kappa shape index (κ3) is 4.54. The molecule has 0 radical (unpaired) electrons. The SMILES string of the molecule is Cc1c[nH]c2c(Nc3cccc(Cl)c3)ncc(C(=O)N(C)CC(C)C)c12.Cl. The Morgan fingerprint density at radius 2 is 2.11 bits per heavy atom. The van der Waals surface area contributed by atoms with Crippen molar-refractivity contribution in [3.63, 3.8) is 0 Å². The van der Waals surface area contributed by atoms with Gasteiger partial charge in [0.1, 0.15) is 0 Å². The highest BCUT2D eigenvalue weighted by molar-refractivity contribution is 6.30. The number of H-pyrrole nitrogens is 1. The summed E-state index contributed by atoms with van der Waals surface area (Å²) in [4.78, 5) is 22.4. The summed E-state index contributed by atoms with van der Waals surface area (Å²) >= 11 is 6.06. The largest absolute Gasteiger partial charge is 0.358 e. The van der Waals surface area contributed by atoms with Gasteiger partial charge in [-0.25, -0.2) is 4.98 Å². The van der Waals surface area contributed by atoms with E-state index in [0.717, 1.165) is 22.2 Å². The van der Waals surface area contributed by atoms with Gasteiger partial charge in [0, 0.05) is 42.1 Å². The first-order valence-electron chi connectivity index (χ1n) is 8.61. The molecule has 0 aliphatic rings. The van der Waals surface area contributed by atoms with E-state index in [-0.39, 0.29) is 18.3 Å². The van der Waals surface area contributed by atoms with E-state index < -0.39 is 0 Å². The van der Waals surface area contributed by atoms with Gasteiger partial charge in [0.2, 0.25) is 0 Å². The number of carbonyl (C=O) groups excluding carboxylic acids is 1. The van der Waals surface area contributed by atoms with Crippen molar-refractivity contribution in [2.24, 2.45) is 5.92 Å². The van der Waals surface area contributed by atoms with Gasteiger partial charge in [-0.2, -0.15) is 0 Å². The average Bonchev–Trinajstić information content (AvgIpc) is 2.97. The Balaban J connectivity index is 0.00000261. The van der Waals surface area contributed by atoms with Crippen molar-refractivity contribution in [1.82, 2.24) is 14.9 Å². The molecule has 0 aliphatic heterocycles. The summed E-state index contributed by atoms with van der Waals surface area (Å²) in [6.07, 6.45) is 3.55. The maximum Gasteiger partial charge on any atom is 0.255 e. The molecule has 27 heavy (non-hydrogen) atoms. The summed E-state index contributed by atoms with van der Waals surface area (Å²) in [6, 6.07) is 7.45. The van der Waals surface area contributed by atoms with Crippen LogP contribution in [0.15, 0.2) is 36.7 Å². The highest BCUT2D eigenvalue weighted by atomic mass is 35.5. The van der Waals surface area contributed by atoms with E-state index in [0.29, 0.717) is 28.9 Å². The van der Waals surface area contributed by atoms with Gasteiger partial charge in [0.15, 0.2) is 5.82 Å². The van der Waals surface area contributed by atoms with Crippen molar-refractivity contribution in [3.8, 4) is 0 Å². The lowest BCUT2D eigenvalue weighted by molar-refractivity contribution is 0.0780. The number of pyridine rings is 1. The number of rotatable bonds is 5. The first-order valence-corrected chi connectivity index (χ1v) is 8.99. The zero-order valence-electron chi connectivity index (χ0n) is 15.8. The van der Waals surface area contributed by atoms with Crippen molar-refractivity contribution in [2.45, 2.75) is 20.8 Å². The van der Waals surface area contributed by atoms with Crippen molar-refractivity contribution in [3.05, 3.63) is 52.8 Å². The van der Waals surface area contributed by atoms with Crippen LogP contribution in [0.25, 0.3) is 10.9 Å². The standard InChI is InChI=1S/C20H23ClN4O.ClH/c1-12(2)11-25(4)20(26)16-10-23-19(18-17(16)13(3)9-22-18)24-15-7-5-6-14(21)8-15;/h5-10,12,22H,11H2,1-4H3,(H,23,24);1H. The Labute approximate surface area is 170 Å². The molecule has 3 rings (SSSR count). The van der Waals surface area contributed by atoms with Crippen LogP contribution in [-0.2, 0) is 0 Å². The Kier molecular flexibility index (Phi) is 6.73. The molecule has 7 heteroatoms. The van der Waals surface area contributed by atoms with Gasteiger partial charge >= 0.3 is 0 Å². The molecule has 2 N–H and O–H groups in total. The first kappa shape index (κ1) is 21.1. The van der Waals surface area contributed by atoms with Gasteiger partial charge in [0.25, 0.3) is 5.91 Å². The maximum atomic E-state index is 12.9. The molecule has 1 amide bonds. The monoisotopic (exact) mass is 406 g/mol. The molecule has 0 atom stereocenters. The summed E-state index contributed by atoms with van der Waals surface area (Å²) in [5.41, 5.74) is 3.28. The van der Waals surface area contributed by atoms with Crippen LogP contribution in [0.5, 0.6) is 0 Å². The van der Waals surface area contributed by atoms with Crippen LogP contribution >= 0.6 is 24.0 Å². The van der Waals surface area contributed by atoms with Crippen molar-refractivity contribution in [1.29, 1.82) is 0 Å². The predicted molar refractivity (Wildman–Crippen MR) is 115 cm³/mol. The fourth-order valence-corrected chi connectivity index (χ4v) is 3.30. The number of hydrogen-bond donors (Lipinski definition) is 2. The van der Waals surface area contributed by atoms with Gasteiger partial charge in [-0.15, -0.1) is 12.4 Å². The highest BCUT2D eigenvalue weighted by Gasteiger charge is 2.20. The average molecular weight is 407 g/mol. The number of hydrogen-bond acceptors (Lipinski definition) is 3. The van der Waals surface area contributed by atoms with Crippen molar-refractivity contribution < 1.29 is 4.79 Å². The molecule has 0 aliphatic carbocycles. The van der Waals surface area contributed by atoms with Crippen LogP contribution in [0, 0.1) is 12.8 Å². The number of benzene rings is 1. The van der Waals surface area contributed by atoms with Crippen LogP contribution < -0.4 is 5.32 Å². The van der Waals surface area contributed by atoms with Crippen LogP contribution in [0.4, 0.5) is 11.5 Å². The molecule has 2 aromatic heterocycles. The second-order valence-corrected chi connectivity index (χ2v) is 7.39. The van der Waals surface area contributed by atoms with E-state index in [1.54, 1.807) is 11.1 Å². The Morgan fingerprint density at radius 3 is 2.78 bits per heavy atom. The topological polar surface area (TPSA) is 61.0 Å². The number of aromatic amines is 1. The number of aryl methyl sites for hydroxylation is 1. The van der Waals surface area contributed by atoms with Gasteiger partial charge in [-0.1, -0.05) is 31.5 Å². The van der Waals surface area contributed by atoms with Gasteiger partial charge < -0.3 is 15.2 Å². The normalized spacial score (nSPS) is 10.7. The molecule has 0 fully saturated rings. The second-order valence-electron chi connectivity index (χ2n) is 6.96. The predicted octanol–water partition coefficient (Wildman–Crippen LogP) is 5.42. The Hall–Kier alpha value is -2.24. The van der Waals surface area contributed by atoms with Gasteiger partial charge in [-0.3, -0.25) is 4.79 Å². The first-order chi connectivity index (χ1) is 12.4. The molecular weight excluding hydrogens is 383 g/mol. The molecule has 1 aromatic carbocycles. The number of nitrogens with one attached hydrogen (secondary N) is 2. The number of fused-ring (bicyclic) bond motifs is 1. The number of aromatic nitrogens is 2. The summed E-state index contributed by atoms with van der Waals surface area (Å²) in [7, 11) is 1.83. The Bertz CT molecular complexity index is 952. The van der Waals surface area contributed by atoms with Crippen LogP contribution in [0.3, 0.4) is 0 Å². The van der Waals surface area contributed by atoms with E-state index in [1.165, 1.54) is 0 Å². The second kappa shape index (κ2) is 8.63. The highest BCUT2D eigenvalue weighted by Crippen LogP contribution is 2.30. The Morgan fingerprint density at radius 1 is 1.37 bits per heavy atom. The summed E-state index contributed by atoms with van der Waals surface area (Å²) in [5.74, 6) is 1.05. The maximum absolute atomic E-state index is 12.9. The number of halogens is 2. The summed E-state index contributed by atoms with van der Waals surface area (Å²) in [5, 5.41) is 4.82. The third-order valence-electron chi connectivity index (χ3n) is 4.21. The van der Waals surface area contributed by atoms with E-state index in [2.05, 4.69) is 29.1 Å². The fraction of sp³-hybridized carbons (Fsp3) is 0.300. The minimum atomic E-state index is -0.0202. The van der Waals surface area contributed by atoms with E-state index in [1.807, 2.05) is 44.4 Å². The lowest BCUT2D eigenvalue weighted by Crippen LogP contribution is -2.30. The zero-order valence-corrected chi connectivity index (χ0v) is 17.4. The fourth-order valence-electron chi connectivity index (χ4n) is 3.11. The minimum Gasteiger partial charge on any atom is -0.358 e. The summed E-state index contributed by atoms with van der Waals surface area (Å²) in [6.45, 7) is 6.88. The molecule has 3 aromatic rings. The molecular formula is C20H24Cl2N4O. The molecule has 2 heterocycles. The molecule has 0 bridgehead atoms. The van der Waals surface area contributed by atoms with Crippen LogP contribution in [-0.4, -0.2) is 34.4 Å². The third-order valence-corrected chi connectivity index (χ3v) is 4.44.